The van der Waals surface area contributed by atoms with Crippen LogP contribution < -0.4 is 4.90 Å². The Balaban J connectivity index is 1.99. The first-order valence-corrected chi connectivity index (χ1v) is 7.26. The van der Waals surface area contributed by atoms with Crippen LogP contribution in [-0.2, 0) is 4.74 Å². The van der Waals surface area contributed by atoms with Crippen molar-refractivity contribution in [3.05, 3.63) is 30.1 Å². The molecule has 1 heterocycles. The lowest BCUT2D eigenvalue weighted by Crippen LogP contribution is -2.55. The molecule has 1 aromatic rings. The highest BCUT2D eigenvalue weighted by Crippen LogP contribution is 2.21. The second kappa shape index (κ2) is 5.92. The number of halogens is 1. The van der Waals surface area contributed by atoms with Crippen molar-refractivity contribution in [1.29, 1.82) is 0 Å². The van der Waals surface area contributed by atoms with Gasteiger partial charge >= 0.3 is 6.09 Å². The van der Waals surface area contributed by atoms with Crippen LogP contribution in [0, 0.1) is 5.82 Å². The number of piperazine rings is 1. The number of benzene rings is 1. The first-order valence-electron chi connectivity index (χ1n) is 7.26. The van der Waals surface area contributed by atoms with Crippen LogP contribution in [0.5, 0.6) is 0 Å². The topological polar surface area (TPSA) is 32.8 Å². The Morgan fingerprint density at radius 3 is 2.38 bits per heavy atom. The van der Waals surface area contributed by atoms with E-state index in [1.54, 1.807) is 17.0 Å². The molecule has 5 heteroatoms. The van der Waals surface area contributed by atoms with Crippen molar-refractivity contribution < 1.29 is 13.9 Å². The quantitative estimate of drug-likeness (QED) is 0.797. The number of rotatable bonds is 1. The fourth-order valence-electron chi connectivity index (χ4n) is 2.44. The molecule has 0 aliphatic carbocycles. The van der Waals surface area contributed by atoms with Crippen LogP contribution in [0.3, 0.4) is 0 Å². The van der Waals surface area contributed by atoms with Gasteiger partial charge in [-0.3, -0.25) is 0 Å². The van der Waals surface area contributed by atoms with E-state index in [0.29, 0.717) is 13.1 Å². The number of amides is 1. The lowest BCUT2D eigenvalue weighted by atomic mass is 10.1. The Labute approximate surface area is 125 Å². The van der Waals surface area contributed by atoms with E-state index < -0.39 is 5.60 Å². The summed E-state index contributed by atoms with van der Waals surface area (Å²) < 4.78 is 18.4. The number of carbonyl (C=O) groups excluding carboxylic acids is 1. The fraction of sp³-hybridized carbons (Fsp3) is 0.562. The third-order valence-corrected chi connectivity index (χ3v) is 3.45. The van der Waals surface area contributed by atoms with Crippen molar-refractivity contribution in [2.45, 2.75) is 39.3 Å². The van der Waals surface area contributed by atoms with Crippen molar-refractivity contribution in [3.8, 4) is 0 Å². The summed E-state index contributed by atoms with van der Waals surface area (Å²) in [6, 6.07) is 6.51. The standard InChI is InChI=1S/C16H23FN2O2/c1-12-11-18(14-7-5-13(17)6-8-14)9-10-19(12)15(20)21-16(2,3)4/h5-8,12H,9-11H2,1-4H3/t12-/m0/s1. The maximum absolute atomic E-state index is 13.0. The van der Waals surface area contributed by atoms with Crippen LogP contribution in [0.4, 0.5) is 14.9 Å². The van der Waals surface area contributed by atoms with E-state index >= 15 is 0 Å². The van der Waals surface area contributed by atoms with Crippen molar-refractivity contribution in [3.63, 3.8) is 0 Å². The van der Waals surface area contributed by atoms with Gasteiger partial charge in [-0.15, -0.1) is 0 Å². The van der Waals surface area contributed by atoms with Gasteiger partial charge in [0.05, 0.1) is 0 Å². The van der Waals surface area contributed by atoms with Crippen molar-refractivity contribution >= 4 is 11.8 Å². The van der Waals surface area contributed by atoms with Crippen LogP contribution >= 0.6 is 0 Å². The predicted molar refractivity (Wildman–Crippen MR) is 81.0 cm³/mol. The second-order valence-electron chi connectivity index (χ2n) is 6.45. The summed E-state index contributed by atoms with van der Waals surface area (Å²) in [7, 11) is 0. The van der Waals surface area contributed by atoms with Crippen LogP contribution in [0.15, 0.2) is 24.3 Å². The summed E-state index contributed by atoms with van der Waals surface area (Å²) in [5.41, 5.74) is 0.498. The van der Waals surface area contributed by atoms with Crippen LogP contribution in [-0.4, -0.2) is 42.3 Å². The van der Waals surface area contributed by atoms with Gasteiger partial charge in [-0.2, -0.15) is 0 Å². The number of carbonyl (C=O) groups is 1. The van der Waals surface area contributed by atoms with E-state index in [-0.39, 0.29) is 18.0 Å². The number of nitrogens with zero attached hydrogens (tertiary/aromatic N) is 2. The predicted octanol–water partition coefficient (Wildman–Crippen LogP) is 3.27. The SMILES string of the molecule is C[C@H]1CN(c2ccc(F)cc2)CCN1C(=O)OC(C)(C)C. The Kier molecular flexibility index (Phi) is 4.40. The number of hydrogen-bond donors (Lipinski definition) is 0. The summed E-state index contributed by atoms with van der Waals surface area (Å²) in [6.45, 7) is 9.63. The highest BCUT2D eigenvalue weighted by molar-refractivity contribution is 5.69. The second-order valence-corrected chi connectivity index (χ2v) is 6.45. The number of ether oxygens (including phenoxy) is 1. The summed E-state index contributed by atoms with van der Waals surface area (Å²) in [6.07, 6.45) is -0.270. The molecule has 1 saturated heterocycles. The van der Waals surface area contributed by atoms with Gasteiger partial charge in [0.1, 0.15) is 11.4 Å². The molecule has 0 bridgehead atoms. The molecule has 1 amide bonds. The first-order chi connectivity index (χ1) is 9.76. The molecule has 0 N–H and O–H groups in total. The number of hydrogen-bond acceptors (Lipinski definition) is 3. The molecule has 1 aliphatic heterocycles. The van der Waals surface area contributed by atoms with E-state index in [9.17, 15) is 9.18 Å². The molecule has 1 atom stereocenters. The Hall–Kier alpha value is -1.78. The molecule has 0 radical (unpaired) electrons. The normalized spacial score (nSPS) is 19.6. The van der Waals surface area contributed by atoms with E-state index in [4.69, 9.17) is 4.74 Å². The average molecular weight is 294 g/mol. The summed E-state index contributed by atoms with van der Waals surface area (Å²) in [4.78, 5) is 16.1. The molecule has 0 saturated carbocycles. The van der Waals surface area contributed by atoms with Gasteiger partial charge in [-0.25, -0.2) is 9.18 Å². The Bertz CT molecular complexity index is 496. The van der Waals surface area contributed by atoms with Gasteiger partial charge in [0, 0.05) is 31.4 Å². The number of anilines is 1. The van der Waals surface area contributed by atoms with E-state index in [1.165, 1.54) is 12.1 Å². The zero-order chi connectivity index (χ0) is 15.6. The maximum atomic E-state index is 13.0. The van der Waals surface area contributed by atoms with E-state index in [2.05, 4.69) is 4.90 Å². The molecule has 116 valence electrons. The lowest BCUT2D eigenvalue weighted by Gasteiger charge is -2.41. The minimum Gasteiger partial charge on any atom is -0.444 e. The molecule has 0 spiro atoms. The summed E-state index contributed by atoms with van der Waals surface area (Å²) in [5.74, 6) is -0.237. The molecule has 1 aliphatic rings. The molecular weight excluding hydrogens is 271 g/mol. The van der Waals surface area contributed by atoms with Crippen LogP contribution in [0.2, 0.25) is 0 Å². The van der Waals surface area contributed by atoms with E-state index in [1.807, 2.05) is 27.7 Å². The summed E-state index contributed by atoms with van der Waals surface area (Å²) >= 11 is 0. The van der Waals surface area contributed by atoms with Gasteiger partial charge in [0.25, 0.3) is 0 Å². The Morgan fingerprint density at radius 1 is 1.24 bits per heavy atom. The minimum absolute atomic E-state index is 0.0543. The zero-order valence-electron chi connectivity index (χ0n) is 13.1. The first kappa shape index (κ1) is 15.6. The molecule has 2 rings (SSSR count). The van der Waals surface area contributed by atoms with Crippen molar-refractivity contribution in [2.75, 3.05) is 24.5 Å². The van der Waals surface area contributed by atoms with Gasteiger partial charge in [0.15, 0.2) is 0 Å². The zero-order valence-corrected chi connectivity index (χ0v) is 13.1. The maximum Gasteiger partial charge on any atom is 0.410 e. The summed E-state index contributed by atoms with van der Waals surface area (Å²) in [5, 5.41) is 0. The van der Waals surface area contributed by atoms with Crippen LogP contribution in [0.1, 0.15) is 27.7 Å². The lowest BCUT2D eigenvalue weighted by molar-refractivity contribution is 0.0159. The molecular formula is C16H23FN2O2. The van der Waals surface area contributed by atoms with E-state index in [0.717, 1.165) is 12.2 Å². The average Bonchev–Trinajstić information content (AvgIpc) is 2.37. The van der Waals surface area contributed by atoms with Gasteiger partial charge in [0.2, 0.25) is 0 Å². The third kappa shape index (κ3) is 4.09. The van der Waals surface area contributed by atoms with Gasteiger partial charge in [-0.05, 0) is 52.0 Å². The smallest absolute Gasteiger partial charge is 0.410 e. The molecule has 4 nitrogen and oxygen atoms in total. The van der Waals surface area contributed by atoms with Crippen LogP contribution in [0.25, 0.3) is 0 Å². The molecule has 0 unspecified atom stereocenters. The molecule has 21 heavy (non-hydrogen) atoms. The fourth-order valence-corrected chi connectivity index (χ4v) is 2.44. The monoisotopic (exact) mass is 294 g/mol. The third-order valence-electron chi connectivity index (χ3n) is 3.45. The molecule has 1 fully saturated rings. The van der Waals surface area contributed by atoms with Crippen molar-refractivity contribution in [1.82, 2.24) is 4.90 Å². The molecule has 0 aromatic heterocycles. The molecule has 1 aromatic carbocycles. The Morgan fingerprint density at radius 2 is 1.86 bits per heavy atom. The van der Waals surface area contributed by atoms with Crippen molar-refractivity contribution in [2.24, 2.45) is 0 Å². The largest absolute Gasteiger partial charge is 0.444 e. The highest BCUT2D eigenvalue weighted by atomic mass is 19.1. The minimum atomic E-state index is -0.481. The van der Waals surface area contributed by atoms with Gasteiger partial charge in [-0.1, -0.05) is 0 Å². The van der Waals surface area contributed by atoms with Gasteiger partial charge < -0.3 is 14.5 Å². The highest BCUT2D eigenvalue weighted by Gasteiger charge is 2.30.